The first-order valence-corrected chi connectivity index (χ1v) is 9.76. The molecule has 1 aliphatic rings. The van der Waals surface area contributed by atoms with Crippen LogP contribution in [0.3, 0.4) is 0 Å². The molecule has 1 aliphatic carbocycles. The Kier molecular flexibility index (Phi) is 6.29. The summed E-state index contributed by atoms with van der Waals surface area (Å²) in [7, 11) is 0. The van der Waals surface area contributed by atoms with E-state index in [2.05, 4.69) is 10.4 Å². The van der Waals surface area contributed by atoms with Gasteiger partial charge in [0.25, 0.3) is 5.91 Å². The summed E-state index contributed by atoms with van der Waals surface area (Å²) in [6, 6.07) is 10.0. The Balaban J connectivity index is 1.62. The van der Waals surface area contributed by atoms with Gasteiger partial charge in [0.1, 0.15) is 0 Å². The number of ether oxygens (including phenoxy) is 1. The highest BCUT2D eigenvalue weighted by Gasteiger charge is 2.22. The highest BCUT2D eigenvalue weighted by Crippen LogP contribution is 2.19. The van der Waals surface area contributed by atoms with Gasteiger partial charge in [-0.25, -0.2) is 9.48 Å². The summed E-state index contributed by atoms with van der Waals surface area (Å²) >= 11 is 0. The van der Waals surface area contributed by atoms with E-state index in [0.29, 0.717) is 0 Å². The first-order valence-electron chi connectivity index (χ1n) is 9.76. The number of carbonyl (C=O) groups excluding carboxylic acids is 2. The lowest BCUT2D eigenvalue weighted by molar-refractivity contribution is -0.150. The molecule has 3 rings (SSSR count). The first kappa shape index (κ1) is 19.9. The zero-order valence-corrected chi connectivity index (χ0v) is 16.6. The number of aromatic nitrogens is 2. The van der Waals surface area contributed by atoms with Crippen LogP contribution in [-0.2, 0) is 14.3 Å². The summed E-state index contributed by atoms with van der Waals surface area (Å²) in [6.45, 7) is 5.45. The molecule has 6 heteroatoms. The van der Waals surface area contributed by atoms with Crippen molar-refractivity contribution in [2.75, 3.05) is 0 Å². The van der Waals surface area contributed by atoms with Crippen molar-refractivity contribution in [3.63, 3.8) is 0 Å². The van der Waals surface area contributed by atoms with Gasteiger partial charge >= 0.3 is 5.97 Å². The number of hydrogen-bond donors (Lipinski definition) is 1. The fourth-order valence-electron chi connectivity index (χ4n) is 3.52. The van der Waals surface area contributed by atoms with Gasteiger partial charge in [0, 0.05) is 23.4 Å². The number of para-hydroxylation sites is 1. The highest BCUT2D eigenvalue weighted by molar-refractivity contribution is 5.90. The van der Waals surface area contributed by atoms with Crippen LogP contribution in [-0.4, -0.2) is 33.8 Å². The number of rotatable bonds is 6. The summed E-state index contributed by atoms with van der Waals surface area (Å²) < 4.78 is 7.10. The average Bonchev–Trinajstić information content (AvgIpc) is 3.29. The number of carbonyl (C=O) groups is 2. The average molecular weight is 381 g/mol. The summed E-state index contributed by atoms with van der Waals surface area (Å²) in [6.07, 6.45) is 6.50. The quantitative estimate of drug-likeness (QED) is 0.614. The third kappa shape index (κ3) is 4.68. The minimum absolute atomic E-state index is 0.207. The fourth-order valence-corrected chi connectivity index (χ4v) is 3.52. The van der Waals surface area contributed by atoms with E-state index in [4.69, 9.17) is 4.74 Å². The summed E-state index contributed by atoms with van der Waals surface area (Å²) in [5.41, 5.74) is 3.57. The molecule has 148 valence electrons. The summed E-state index contributed by atoms with van der Waals surface area (Å²) in [5.74, 6) is -0.779. The van der Waals surface area contributed by atoms with Gasteiger partial charge in [-0.2, -0.15) is 5.10 Å². The zero-order chi connectivity index (χ0) is 20.1. The third-order valence-corrected chi connectivity index (χ3v) is 5.10. The van der Waals surface area contributed by atoms with Crippen LogP contribution in [0.25, 0.3) is 11.8 Å². The van der Waals surface area contributed by atoms with Gasteiger partial charge in [0.2, 0.25) is 0 Å². The van der Waals surface area contributed by atoms with Gasteiger partial charge in [0.05, 0.1) is 11.4 Å². The van der Waals surface area contributed by atoms with E-state index in [1.165, 1.54) is 6.08 Å². The maximum absolute atomic E-state index is 12.2. The topological polar surface area (TPSA) is 73.2 Å². The van der Waals surface area contributed by atoms with Gasteiger partial charge in [-0.15, -0.1) is 0 Å². The maximum Gasteiger partial charge on any atom is 0.331 e. The van der Waals surface area contributed by atoms with Crippen molar-refractivity contribution in [3.05, 3.63) is 53.4 Å². The molecule has 0 radical (unpaired) electrons. The SMILES string of the molecule is Cc1nn(-c2ccccc2)c(C)c1/C=C/C(=O)O[C@@H](C)C(=O)NC1CCCC1. The van der Waals surface area contributed by atoms with Gasteiger partial charge in [-0.05, 0) is 51.8 Å². The molecule has 0 saturated heterocycles. The van der Waals surface area contributed by atoms with Crippen molar-refractivity contribution in [1.29, 1.82) is 0 Å². The van der Waals surface area contributed by atoms with Crippen molar-refractivity contribution in [3.8, 4) is 5.69 Å². The maximum atomic E-state index is 12.2. The van der Waals surface area contributed by atoms with Crippen LogP contribution < -0.4 is 5.32 Å². The molecule has 1 heterocycles. The minimum Gasteiger partial charge on any atom is -0.449 e. The molecule has 28 heavy (non-hydrogen) atoms. The normalized spacial score (nSPS) is 15.7. The van der Waals surface area contributed by atoms with E-state index in [-0.39, 0.29) is 11.9 Å². The Morgan fingerprint density at radius 1 is 1.21 bits per heavy atom. The largest absolute Gasteiger partial charge is 0.449 e. The molecule has 1 N–H and O–H groups in total. The summed E-state index contributed by atoms with van der Waals surface area (Å²) in [5, 5.41) is 7.50. The molecule has 6 nitrogen and oxygen atoms in total. The van der Waals surface area contributed by atoms with E-state index in [9.17, 15) is 9.59 Å². The van der Waals surface area contributed by atoms with Crippen LogP contribution in [0, 0.1) is 13.8 Å². The van der Waals surface area contributed by atoms with Crippen molar-refractivity contribution in [2.45, 2.75) is 58.6 Å². The van der Waals surface area contributed by atoms with Crippen molar-refractivity contribution < 1.29 is 14.3 Å². The predicted molar refractivity (Wildman–Crippen MR) is 108 cm³/mol. The number of nitrogens with zero attached hydrogens (tertiary/aromatic N) is 2. The molecule has 0 aliphatic heterocycles. The predicted octanol–water partition coefficient (Wildman–Crippen LogP) is 3.49. The molecule has 1 atom stereocenters. The van der Waals surface area contributed by atoms with Crippen LogP contribution in [0.1, 0.15) is 49.6 Å². The van der Waals surface area contributed by atoms with Crippen LogP contribution in [0.15, 0.2) is 36.4 Å². The third-order valence-electron chi connectivity index (χ3n) is 5.10. The second-order valence-electron chi connectivity index (χ2n) is 7.23. The fraction of sp³-hybridized carbons (Fsp3) is 0.409. The van der Waals surface area contributed by atoms with E-state index < -0.39 is 12.1 Å². The number of hydrogen-bond acceptors (Lipinski definition) is 4. The molecule has 1 aromatic heterocycles. The monoisotopic (exact) mass is 381 g/mol. The molecule has 1 amide bonds. The Labute approximate surface area is 165 Å². The second kappa shape index (κ2) is 8.87. The van der Waals surface area contributed by atoms with Gasteiger partial charge in [0.15, 0.2) is 6.10 Å². The lowest BCUT2D eigenvalue weighted by Crippen LogP contribution is -2.40. The molecule has 1 fully saturated rings. The molecule has 1 aromatic carbocycles. The first-order chi connectivity index (χ1) is 13.5. The molecule has 0 unspecified atom stereocenters. The van der Waals surface area contributed by atoms with E-state index in [1.54, 1.807) is 13.0 Å². The molecule has 2 aromatic rings. The molecule has 1 saturated carbocycles. The highest BCUT2D eigenvalue weighted by atomic mass is 16.5. The molecule has 0 spiro atoms. The number of amides is 1. The zero-order valence-electron chi connectivity index (χ0n) is 16.6. The Bertz CT molecular complexity index is 865. The minimum atomic E-state index is -0.813. The van der Waals surface area contributed by atoms with Crippen molar-refractivity contribution >= 4 is 18.0 Å². The lowest BCUT2D eigenvalue weighted by Gasteiger charge is -2.16. The summed E-state index contributed by atoms with van der Waals surface area (Å²) in [4.78, 5) is 24.3. The Hall–Kier alpha value is -2.89. The van der Waals surface area contributed by atoms with E-state index in [0.717, 1.165) is 48.3 Å². The standard InChI is InChI=1S/C22H27N3O3/c1-15-20(16(2)25(24-15)19-11-5-4-6-12-19)13-14-21(26)28-17(3)22(27)23-18-9-7-8-10-18/h4-6,11-14,17-18H,7-10H2,1-3H3,(H,23,27)/b14-13+/t17-/m0/s1. The van der Waals surface area contributed by atoms with Crippen LogP contribution in [0.5, 0.6) is 0 Å². The van der Waals surface area contributed by atoms with E-state index >= 15 is 0 Å². The van der Waals surface area contributed by atoms with Gasteiger partial charge < -0.3 is 10.1 Å². The van der Waals surface area contributed by atoms with Crippen molar-refractivity contribution in [1.82, 2.24) is 15.1 Å². The number of aryl methyl sites for hydroxylation is 1. The van der Waals surface area contributed by atoms with Gasteiger partial charge in [-0.3, -0.25) is 4.79 Å². The number of esters is 1. The molecule has 0 bridgehead atoms. The number of nitrogens with one attached hydrogen (secondary N) is 1. The molecular formula is C22H27N3O3. The van der Waals surface area contributed by atoms with Crippen molar-refractivity contribution in [2.24, 2.45) is 0 Å². The van der Waals surface area contributed by atoms with Crippen LogP contribution in [0.2, 0.25) is 0 Å². The van der Waals surface area contributed by atoms with Crippen LogP contribution >= 0.6 is 0 Å². The Morgan fingerprint density at radius 2 is 1.89 bits per heavy atom. The lowest BCUT2D eigenvalue weighted by atomic mass is 10.2. The van der Waals surface area contributed by atoms with Crippen LogP contribution in [0.4, 0.5) is 0 Å². The molecular weight excluding hydrogens is 354 g/mol. The van der Waals surface area contributed by atoms with Gasteiger partial charge in [-0.1, -0.05) is 31.0 Å². The van der Waals surface area contributed by atoms with E-state index in [1.807, 2.05) is 48.9 Å². The second-order valence-corrected chi connectivity index (χ2v) is 7.23. The number of benzene rings is 1. The smallest absolute Gasteiger partial charge is 0.331 e. The Morgan fingerprint density at radius 3 is 2.57 bits per heavy atom.